The first kappa shape index (κ1) is 20.8. The number of aromatic nitrogens is 1. The predicted octanol–water partition coefficient (Wildman–Crippen LogP) is 4.20. The van der Waals surface area contributed by atoms with E-state index in [-0.39, 0.29) is 29.5 Å². The first-order chi connectivity index (χ1) is 15.0. The molecule has 0 N–H and O–H groups in total. The zero-order valence-corrected chi connectivity index (χ0v) is 18.4. The number of carbonyl (C=O) groups excluding carboxylic acids is 2. The van der Waals surface area contributed by atoms with Crippen LogP contribution in [0.15, 0.2) is 59.4 Å². The largest absolute Gasteiger partial charge is 0.494 e. The van der Waals surface area contributed by atoms with Gasteiger partial charge in [0.2, 0.25) is 0 Å². The average molecular weight is 435 g/mol. The van der Waals surface area contributed by atoms with Crippen molar-refractivity contribution in [2.75, 3.05) is 20.7 Å². The Hall–Kier alpha value is -3.45. The van der Waals surface area contributed by atoms with Crippen LogP contribution in [0.2, 0.25) is 0 Å². The van der Waals surface area contributed by atoms with E-state index >= 15 is 0 Å². The number of thiophene rings is 1. The van der Waals surface area contributed by atoms with Gasteiger partial charge in [-0.25, -0.2) is 0 Å². The van der Waals surface area contributed by atoms with Gasteiger partial charge >= 0.3 is 0 Å². The molecule has 0 atom stereocenters. The summed E-state index contributed by atoms with van der Waals surface area (Å²) in [5, 5.41) is 1.14. The van der Waals surface area contributed by atoms with E-state index < -0.39 is 0 Å². The maximum atomic E-state index is 13.6. The maximum Gasteiger partial charge on any atom is 0.267 e. The first-order valence-electron chi connectivity index (χ1n) is 9.93. The number of nitrogens with zero attached hydrogens (tertiary/aromatic N) is 2. The van der Waals surface area contributed by atoms with Crippen LogP contribution in [0, 0.1) is 0 Å². The van der Waals surface area contributed by atoms with Crippen LogP contribution in [0.1, 0.15) is 27.0 Å². The van der Waals surface area contributed by atoms with Crippen LogP contribution in [0.25, 0.3) is 21.0 Å². The molecule has 0 bridgehead atoms. The van der Waals surface area contributed by atoms with Crippen LogP contribution in [0.5, 0.6) is 5.75 Å². The summed E-state index contributed by atoms with van der Waals surface area (Å²) in [6.07, 6.45) is 0. The molecule has 0 saturated heterocycles. The van der Waals surface area contributed by atoms with Crippen molar-refractivity contribution in [2.45, 2.75) is 13.5 Å². The molecule has 0 saturated carbocycles. The molecule has 2 aromatic carbocycles. The van der Waals surface area contributed by atoms with Gasteiger partial charge in [-0.1, -0.05) is 48.5 Å². The number of ether oxygens (including phenoxy) is 1. The zero-order chi connectivity index (χ0) is 22.1. The lowest BCUT2D eigenvalue weighted by atomic mass is 10.1. The minimum Gasteiger partial charge on any atom is -0.494 e. The highest BCUT2D eigenvalue weighted by Crippen LogP contribution is 2.40. The lowest BCUT2D eigenvalue weighted by Crippen LogP contribution is -2.26. The smallest absolute Gasteiger partial charge is 0.267 e. The van der Waals surface area contributed by atoms with Gasteiger partial charge in [0.1, 0.15) is 10.3 Å². The Kier molecular flexibility index (Phi) is 5.61. The average Bonchev–Trinajstić information content (AvgIpc) is 3.21. The van der Waals surface area contributed by atoms with Crippen LogP contribution < -0.4 is 10.3 Å². The molecule has 0 unspecified atom stereocenters. The number of amides is 1. The van der Waals surface area contributed by atoms with E-state index in [0.717, 1.165) is 5.39 Å². The van der Waals surface area contributed by atoms with Gasteiger partial charge in [-0.2, -0.15) is 0 Å². The molecule has 7 heteroatoms. The number of rotatable bonds is 6. The van der Waals surface area contributed by atoms with Gasteiger partial charge in [0, 0.05) is 24.5 Å². The highest BCUT2D eigenvalue weighted by Gasteiger charge is 2.26. The molecule has 2 aromatic heterocycles. The summed E-state index contributed by atoms with van der Waals surface area (Å²) >= 11 is 1.25. The normalized spacial score (nSPS) is 11.1. The number of pyridine rings is 1. The molecule has 0 fully saturated rings. The second-order valence-electron chi connectivity index (χ2n) is 7.19. The fourth-order valence-electron chi connectivity index (χ4n) is 3.61. The molecule has 4 rings (SSSR count). The number of fused-ring (bicyclic) bond motifs is 3. The van der Waals surface area contributed by atoms with Crippen molar-refractivity contribution < 1.29 is 14.3 Å². The lowest BCUT2D eigenvalue weighted by molar-refractivity contribution is 0.0804. The van der Waals surface area contributed by atoms with E-state index in [1.807, 2.05) is 37.3 Å². The summed E-state index contributed by atoms with van der Waals surface area (Å²) in [5.41, 5.74) is 0.844. The van der Waals surface area contributed by atoms with E-state index in [0.29, 0.717) is 32.6 Å². The Balaban J connectivity index is 1.99. The van der Waals surface area contributed by atoms with Gasteiger partial charge in [-0.3, -0.25) is 19.0 Å². The summed E-state index contributed by atoms with van der Waals surface area (Å²) in [5.74, 6) is -0.0960. The van der Waals surface area contributed by atoms with Crippen molar-refractivity contribution in [2.24, 2.45) is 0 Å². The van der Waals surface area contributed by atoms with Gasteiger partial charge < -0.3 is 9.64 Å². The number of carbonyl (C=O) groups is 2. The van der Waals surface area contributed by atoms with E-state index in [2.05, 4.69) is 0 Å². The number of Topliss-reactive ketones (excluding diaryl/α,β-unsaturated/α-hetero) is 1. The van der Waals surface area contributed by atoms with Crippen molar-refractivity contribution in [1.29, 1.82) is 0 Å². The fourth-order valence-corrected chi connectivity index (χ4v) is 4.90. The molecule has 2 heterocycles. The Morgan fingerprint density at radius 3 is 2.42 bits per heavy atom. The van der Waals surface area contributed by atoms with Crippen molar-refractivity contribution in [3.63, 3.8) is 0 Å². The zero-order valence-electron chi connectivity index (χ0n) is 17.5. The second-order valence-corrected chi connectivity index (χ2v) is 8.21. The Morgan fingerprint density at radius 1 is 1.06 bits per heavy atom. The fraction of sp³-hybridized carbons (Fsp3) is 0.208. The highest BCUT2D eigenvalue weighted by atomic mass is 32.1. The van der Waals surface area contributed by atoms with E-state index in [1.54, 1.807) is 36.2 Å². The number of hydrogen-bond donors (Lipinski definition) is 0. The summed E-state index contributed by atoms with van der Waals surface area (Å²) in [6, 6.07) is 16.3. The summed E-state index contributed by atoms with van der Waals surface area (Å²) in [4.78, 5) is 41.3. The van der Waals surface area contributed by atoms with Crippen molar-refractivity contribution >= 4 is 44.0 Å². The SMILES string of the molecule is CCN(C)C(=O)c1sc2c(c1OC)c(=O)n(CC(=O)c1ccccc1)c1ccccc21. The van der Waals surface area contributed by atoms with Gasteiger partial charge in [0.25, 0.3) is 11.5 Å². The second kappa shape index (κ2) is 8.35. The molecule has 0 radical (unpaired) electrons. The van der Waals surface area contributed by atoms with Crippen molar-refractivity contribution in [3.05, 3.63) is 75.4 Å². The highest BCUT2D eigenvalue weighted by molar-refractivity contribution is 7.22. The summed E-state index contributed by atoms with van der Waals surface area (Å²) < 4.78 is 7.71. The van der Waals surface area contributed by atoms with Crippen LogP contribution in [-0.2, 0) is 6.54 Å². The molecule has 0 spiro atoms. The number of ketones is 1. The van der Waals surface area contributed by atoms with Crippen molar-refractivity contribution in [3.8, 4) is 5.75 Å². The van der Waals surface area contributed by atoms with Crippen molar-refractivity contribution in [1.82, 2.24) is 9.47 Å². The van der Waals surface area contributed by atoms with Crippen LogP contribution in [0.3, 0.4) is 0 Å². The summed E-state index contributed by atoms with van der Waals surface area (Å²) in [6.45, 7) is 2.32. The topological polar surface area (TPSA) is 68.6 Å². The van der Waals surface area contributed by atoms with E-state index in [9.17, 15) is 14.4 Å². The Bertz CT molecular complexity index is 1360. The van der Waals surface area contributed by atoms with Gasteiger partial charge in [-0.05, 0) is 13.0 Å². The standard InChI is InChI=1S/C24H22N2O4S/c1-4-25(2)24(29)22-20(30-3)19-21(31-22)16-12-8-9-13-17(16)26(23(19)28)14-18(27)15-10-6-5-7-11-15/h5-13H,4,14H2,1-3H3. The molecule has 0 aliphatic rings. The van der Waals surface area contributed by atoms with Gasteiger partial charge in [0.15, 0.2) is 11.5 Å². The Morgan fingerprint density at radius 2 is 1.74 bits per heavy atom. The summed E-state index contributed by atoms with van der Waals surface area (Å²) in [7, 11) is 3.17. The number of benzene rings is 2. The first-order valence-corrected chi connectivity index (χ1v) is 10.7. The molecule has 4 aromatic rings. The molecule has 158 valence electrons. The van der Waals surface area contributed by atoms with Crippen LogP contribution in [0.4, 0.5) is 0 Å². The minimum atomic E-state index is -0.343. The third kappa shape index (κ3) is 3.51. The number of para-hydroxylation sites is 1. The molecule has 1 amide bonds. The minimum absolute atomic E-state index is 0.101. The van der Waals surface area contributed by atoms with E-state index in [4.69, 9.17) is 4.74 Å². The Labute approximate surface area is 183 Å². The molecular weight excluding hydrogens is 412 g/mol. The van der Waals surface area contributed by atoms with Gasteiger partial charge in [-0.15, -0.1) is 11.3 Å². The third-order valence-corrected chi connectivity index (χ3v) is 6.57. The lowest BCUT2D eigenvalue weighted by Gasteiger charge is -2.14. The third-order valence-electron chi connectivity index (χ3n) is 5.38. The monoisotopic (exact) mass is 434 g/mol. The van der Waals surface area contributed by atoms with E-state index in [1.165, 1.54) is 23.0 Å². The molecule has 6 nitrogen and oxygen atoms in total. The maximum absolute atomic E-state index is 13.6. The molecule has 0 aliphatic heterocycles. The quantitative estimate of drug-likeness (QED) is 0.427. The molecule has 31 heavy (non-hydrogen) atoms. The van der Waals surface area contributed by atoms with Crippen LogP contribution >= 0.6 is 11.3 Å². The van der Waals surface area contributed by atoms with Gasteiger partial charge in [0.05, 0.1) is 23.9 Å². The number of hydrogen-bond acceptors (Lipinski definition) is 5. The van der Waals surface area contributed by atoms with Crippen LogP contribution in [-0.4, -0.2) is 41.9 Å². The molecular formula is C24H22N2O4S. The molecule has 0 aliphatic carbocycles. The predicted molar refractivity (Wildman–Crippen MR) is 124 cm³/mol. The number of methoxy groups -OCH3 is 1.